The van der Waals surface area contributed by atoms with E-state index < -0.39 is 5.97 Å². The second-order valence-electron chi connectivity index (χ2n) is 6.79. The number of aliphatic carboxylic acids is 1. The molecule has 1 aromatic carbocycles. The van der Waals surface area contributed by atoms with E-state index >= 15 is 0 Å². The van der Waals surface area contributed by atoms with Crippen LogP contribution in [0.4, 0.5) is 0 Å². The van der Waals surface area contributed by atoms with Crippen molar-refractivity contribution in [3.63, 3.8) is 0 Å². The van der Waals surface area contributed by atoms with Gasteiger partial charge in [0.15, 0.2) is 0 Å². The quantitative estimate of drug-likeness (QED) is 0.566. The van der Waals surface area contributed by atoms with Gasteiger partial charge < -0.3 is 9.84 Å². The Hall–Kier alpha value is -2.29. The summed E-state index contributed by atoms with van der Waals surface area (Å²) in [7, 11) is 1.71. The molecule has 0 atom stereocenters. The second-order valence-corrected chi connectivity index (χ2v) is 6.79. The van der Waals surface area contributed by atoms with Crippen LogP contribution in [-0.2, 0) is 4.79 Å². The average Bonchev–Trinajstić information content (AvgIpc) is 2.56. The molecule has 0 bridgehead atoms. The fourth-order valence-corrected chi connectivity index (χ4v) is 3.59. The zero-order valence-electron chi connectivity index (χ0n) is 15.9. The Bertz CT molecular complexity index is 764. The Morgan fingerprint density at radius 3 is 2.48 bits per heavy atom. The topological polar surface area (TPSA) is 46.5 Å². The number of allylic oxidation sites excluding steroid dienone is 5. The molecule has 0 aliphatic heterocycles. The number of carboxylic acids is 1. The minimum absolute atomic E-state index is 0.754. The van der Waals surface area contributed by atoms with Gasteiger partial charge in [-0.3, -0.25) is 0 Å². The number of benzene rings is 1. The van der Waals surface area contributed by atoms with E-state index in [0.717, 1.165) is 24.2 Å². The van der Waals surface area contributed by atoms with Gasteiger partial charge in [0.1, 0.15) is 5.75 Å². The lowest BCUT2D eigenvalue weighted by atomic mass is 9.82. The molecule has 134 valence electrons. The number of carbonyl (C=O) groups is 1. The molecule has 0 heterocycles. The van der Waals surface area contributed by atoms with Crippen molar-refractivity contribution in [2.75, 3.05) is 7.11 Å². The van der Waals surface area contributed by atoms with E-state index in [-0.39, 0.29) is 0 Å². The molecular weight excluding hydrogens is 312 g/mol. The van der Waals surface area contributed by atoms with E-state index in [1.807, 2.05) is 13.0 Å². The van der Waals surface area contributed by atoms with E-state index in [2.05, 4.69) is 32.9 Å². The number of carboxylic acid groups (broad SMARTS) is 1. The predicted octanol–water partition coefficient (Wildman–Crippen LogP) is 5.54. The third-order valence-electron chi connectivity index (χ3n) is 4.98. The summed E-state index contributed by atoms with van der Waals surface area (Å²) >= 11 is 0. The molecular formula is C22H28O3. The molecule has 3 heteroatoms. The van der Waals surface area contributed by atoms with Gasteiger partial charge in [-0.2, -0.15) is 0 Å². The number of hydrogen-bond donors (Lipinski definition) is 1. The van der Waals surface area contributed by atoms with Crippen LogP contribution in [-0.4, -0.2) is 18.2 Å². The van der Waals surface area contributed by atoms with Crippen molar-refractivity contribution in [1.82, 2.24) is 0 Å². The van der Waals surface area contributed by atoms with Gasteiger partial charge in [-0.25, -0.2) is 4.79 Å². The SMILES string of the molecule is COc1cc(C)c(C2=C(/C=C/C(C)=C/C(=O)O)CCCC2)c(C)c1C. The van der Waals surface area contributed by atoms with Gasteiger partial charge in [0, 0.05) is 6.08 Å². The molecule has 0 saturated heterocycles. The van der Waals surface area contributed by atoms with Crippen LogP contribution in [0, 0.1) is 20.8 Å². The minimum atomic E-state index is -0.905. The van der Waals surface area contributed by atoms with Gasteiger partial charge in [-0.15, -0.1) is 0 Å². The number of methoxy groups -OCH3 is 1. The normalized spacial score (nSPS) is 15.8. The smallest absolute Gasteiger partial charge is 0.328 e. The number of ether oxygens (including phenoxy) is 1. The molecule has 25 heavy (non-hydrogen) atoms. The molecule has 0 unspecified atom stereocenters. The van der Waals surface area contributed by atoms with Crippen molar-refractivity contribution in [2.24, 2.45) is 0 Å². The van der Waals surface area contributed by atoms with Crippen LogP contribution in [0.5, 0.6) is 5.75 Å². The summed E-state index contributed by atoms with van der Waals surface area (Å²) in [6.07, 6.45) is 9.73. The third-order valence-corrected chi connectivity index (χ3v) is 4.98. The first kappa shape index (κ1) is 19.0. The van der Waals surface area contributed by atoms with Crippen LogP contribution >= 0.6 is 0 Å². The lowest BCUT2D eigenvalue weighted by Crippen LogP contribution is -2.04. The summed E-state index contributed by atoms with van der Waals surface area (Å²) in [5.74, 6) is 0.0324. The Morgan fingerprint density at radius 2 is 1.84 bits per heavy atom. The van der Waals surface area contributed by atoms with Crippen LogP contribution < -0.4 is 4.74 Å². The van der Waals surface area contributed by atoms with Crippen molar-refractivity contribution in [3.05, 3.63) is 57.7 Å². The van der Waals surface area contributed by atoms with Gasteiger partial charge in [0.05, 0.1) is 7.11 Å². The van der Waals surface area contributed by atoms with Crippen molar-refractivity contribution < 1.29 is 14.6 Å². The lowest BCUT2D eigenvalue weighted by Gasteiger charge is -2.24. The van der Waals surface area contributed by atoms with Crippen molar-refractivity contribution in [1.29, 1.82) is 0 Å². The standard InChI is InChI=1S/C22H28O3/c1-14(12-21(23)24)10-11-18-8-6-7-9-19(18)22-15(2)13-20(25-5)16(3)17(22)4/h10-13H,6-9H2,1-5H3,(H,23,24)/b11-10+,14-12+. The Labute approximate surface area is 150 Å². The van der Waals surface area contributed by atoms with Gasteiger partial charge >= 0.3 is 5.97 Å². The number of hydrogen-bond acceptors (Lipinski definition) is 2. The summed E-state index contributed by atoms with van der Waals surface area (Å²) < 4.78 is 5.50. The minimum Gasteiger partial charge on any atom is -0.496 e. The van der Waals surface area contributed by atoms with Crippen molar-refractivity contribution in [3.8, 4) is 5.75 Å². The summed E-state index contributed by atoms with van der Waals surface area (Å²) in [6.45, 7) is 8.24. The lowest BCUT2D eigenvalue weighted by molar-refractivity contribution is -0.131. The fourth-order valence-electron chi connectivity index (χ4n) is 3.59. The highest BCUT2D eigenvalue weighted by molar-refractivity contribution is 5.81. The largest absolute Gasteiger partial charge is 0.496 e. The maximum Gasteiger partial charge on any atom is 0.328 e. The predicted molar refractivity (Wildman–Crippen MR) is 103 cm³/mol. The zero-order valence-corrected chi connectivity index (χ0v) is 15.9. The molecule has 0 fully saturated rings. The number of rotatable bonds is 5. The van der Waals surface area contributed by atoms with Gasteiger partial charge in [0.2, 0.25) is 0 Å². The molecule has 1 aromatic rings. The first-order chi connectivity index (χ1) is 11.8. The van der Waals surface area contributed by atoms with Crippen molar-refractivity contribution >= 4 is 11.5 Å². The molecule has 0 saturated carbocycles. The molecule has 0 aromatic heterocycles. The molecule has 0 radical (unpaired) electrons. The van der Waals surface area contributed by atoms with Crippen LogP contribution in [0.1, 0.15) is 54.9 Å². The number of aryl methyl sites for hydroxylation is 1. The first-order valence-electron chi connectivity index (χ1n) is 8.81. The Balaban J connectivity index is 2.54. The second kappa shape index (κ2) is 8.19. The average molecular weight is 340 g/mol. The summed E-state index contributed by atoms with van der Waals surface area (Å²) in [4.78, 5) is 10.8. The van der Waals surface area contributed by atoms with Crippen LogP contribution in [0.2, 0.25) is 0 Å². The third kappa shape index (κ3) is 4.41. The van der Waals surface area contributed by atoms with E-state index in [4.69, 9.17) is 9.84 Å². The zero-order chi connectivity index (χ0) is 18.6. The van der Waals surface area contributed by atoms with Crippen LogP contribution in [0.25, 0.3) is 5.57 Å². The van der Waals surface area contributed by atoms with Crippen LogP contribution in [0.3, 0.4) is 0 Å². The molecule has 2 rings (SSSR count). The highest BCUT2D eigenvalue weighted by Crippen LogP contribution is 2.39. The van der Waals surface area contributed by atoms with Gasteiger partial charge in [-0.1, -0.05) is 12.2 Å². The highest BCUT2D eigenvalue weighted by atomic mass is 16.5. The molecule has 0 spiro atoms. The maximum atomic E-state index is 10.8. The van der Waals surface area contributed by atoms with E-state index in [1.165, 1.54) is 52.3 Å². The van der Waals surface area contributed by atoms with Crippen LogP contribution in [0.15, 0.2) is 35.4 Å². The Morgan fingerprint density at radius 1 is 1.16 bits per heavy atom. The van der Waals surface area contributed by atoms with Crippen molar-refractivity contribution in [2.45, 2.75) is 53.4 Å². The highest BCUT2D eigenvalue weighted by Gasteiger charge is 2.19. The summed E-state index contributed by atoms with van der Waals surface area (Å²) in [6, 6.07) is 2.12. The molecule has 1 aliphatic carbocycles. The van der Waals surface area contributed by atoms with E-state index in [9.17, 15) is 4.79 Å². The van der Waals surface area contributed by atoms with E-state index in [1.54, 1.807) is 7.11 Å². The fraction of sp³-hybridized carbons (Fsp3) is 0.409. The molecule has 0 amide bonds. The summed E-state index contributed by atoms with van der Waals surface area (Å²) in [5, 5.41) is 8.87. The van der Waals surface area contributed by atoms with Gasteiger partial charge in [-0.05, 0) is 98.4 Å². The first-order valence-corrected chi connectivity index (χ1v) is 8.81. The maximum absolute atomic E-state index is 10.8. The van der Waals surface area contributed by atoms with Gasteiger partial charge in [0.25, 0.3) is 0 Å². The molecule has 1 N–H and O–H groups in total. The summed E-state index contributed by atoms with van der Waals surface area (Å²) in [5.41, 5.74) is 8.50. The molecule has 1 aliphatic rings. The monoisotopic (exact) mass is 340 g/mol. The Kier molecular flexibility index (Phi) is 6.24. The molecule has 3 nitrogen and oxygen atoms in total. The van der Waals surface area contributed by atoms with E-state index in [0.29, 0.717) is 0 Å².